The zero-order valence-electron chi connectivity index (χ0n) is 9.30. The summed E-state index contributed by atoms with van der Waals surface area (Å²) in [7, 11) is 0. The molecule has 0 fully saturated rings. The van der Waals surface area contributed by atoms with Crippen molar-refractivity contribution in [3.8, 4) is 0 Å². The van der Waals surface area contributed by atoms with Gasteiger partial charge in [0.1, 0.15) is 17.5 Å². The third-order valence-electron chi connectivity index (χ3n) is 2.13. The lowest BCUT2D eigenvalue weighted by atomic mass is 10.2. The maximum absolute atomic E-state index is 13.7. The highest BCUT2D eigenvalue weighted by atomic mass is 32.2. The monoisotopic (exact) mass is 266 g/mol. The van der Waals surface area contributed by atoms with E-state index in [9.17, 15) is 4.39 Å². The Hall–Kier alpha value is -1.86. The number of nitrogens with zero attached hydrogens (tertiary/aromatic N) is 2. The Kier molecular flexibility index (Phi) is 3.63. The van der Waals surface area contributed by atoms with Crippen LogP contribution in [-0.2, 0) is 6.61 Å². The first kappa shape index (κ1) is 12.6. The molecule has 0 amide bonds. The highest BCUT2D eigenvalue weighted by Gasteiger charge is 2.08. The minimum Gasteiger partial charge on any atom is -0.392 e. The molecule has 18 heavy (non-hydrogen) atoms. The third kappa shape index (κ3) is 2.88. The molecule has 2 rings (SSSR count). The number of hydrogen-bond donors (Lipinski definition) is 3. The van der Waals surface area contributed by atoms with Gasteiger partial charge in [0.05, 0.1) is 11.5 Å². The van der Waals surface area contributed by atoms with E-state index >= 15 is 0 Å². The SMILES string of the molecule is Nc1cc(N)nc(Sc2ccc(CO)cc2F)n1. The van der Waals surface area contributed by atoms with Crippen molar-refractivity contribution in [1.82, 2.24) is 9.97 Å². The molecule has 1 aromatic carbocycles. The normalized spacial score (nSPS) is 10.6. The van der Waals surface area contributed by atoms with Crippen LogP contribution in [0.5, 0.6) is 0 Å². The molecule has 1 aromatic heterocycles. The first-order chi connectivity index (χ1) is 8.58. The summed E-state index contributed by atoms with van der Waals surface area (Å²) >= 11 is 1.02. The maximum atomic E-state index is 13.7. The molecule has 0 aliphatic carbocycles. The summed E-state index contributed by atoms with van der Waals surface area (Å²) in [4.78, 5) is 8.24. The smallest absolute Gasteiger partial charge is 0.196 e. The molecule has 0 saturated carbocycles. The van der Waals surface area contributed by atoms with Crippen molar-refractivity contribution in [2.45, 2.75) is 16.7 Å². The Morgan fingerprint density at radius 1 is 1.17 bits per heavy atom. The Balaban J connectivity index is 2.28. The van der Waals surface area contributed by atoms with Crippen LogP contribution in [0, 0.1) is 5.82 Å². The summed E-state index contributed by atoms with van der Waals surface area (Å²) in [5, 5.41) is 9.16. The molecular formula is C11H11FN4OS. The molecule has 5 N–H and O–H groups in total. The van der Waals surface area contributed by atoms with Gasteiger partial charge in [-0.3, -0.25) is 0 Å². The molecule has 0 unspecified atom stereocenters. The van der Waals surface area contributed by atoms with Crippen molar-refractivity contribution >= 4 is 23.4 Å². The predicted octanol–water partition coefficient (Wildman–Crippen LogP) is 1.42. The van der Waals surface area contributed by atoms with E-state index in [-0.39, 0.29) is 23.4 Å². The number of rotatable bonds is 3. The van der Waals surface area contributed by atoms with Gasteiger partial charge in [-0.25, -0.2) is 14.4 Å². The fourth-order valence-electron chi connectivity index (χ4n) is 1.33. The standard InChI is InChI=1S/C11H11FN4OS/c12-7-3-6(5-17)1-2-8(7)18-11-15-9(13)4-10(14)16-11/h1-4,17H,5H2,(H4,13,14,15,16). The summed E-state index contributed by atoms with van der Waals surface area (Å²) < 4.78 is 13.7. The van der Waals surface area contributed by atoms with Crippen LogP contribution in [0.15, 0.2) is 34.3 Å². The van der Waals surface area contributed by atoms with E-state index in [1.54, 1.807) is 12.1 Å². The molecule has 0 aliphatic heterocycles. The Labute approximate surface area is 107 Å². The van der Waals surface area contributed by atoms with Crippen LogP contribution in [0.4, 0.5) is 16.0 Å². The number of aliphatic hydroxyl groups is 1. The number of aromatic nitrogens is 2. The van der Waals surface area contributed by atoms with E-state index in [1.165, 1.54) is 12.1 Å². The van der Waals surface area contributed by atoms with Gasteiger partial charge in [-0.05, 0) is 29.5 Å². The third-order valence-corrected chi connectivity index (χ3v) is 3.04. The minimum atomic E-state index is -0.448. The topological polar surface area (TPSA) is 98.1 Å². The highest BCUT2D eigenvalue weighted by molar-refractivity contribution is 7.99. The minimum absolute atomic E-state index is 0.205. The van der Waals surface area contributed by atoms with Crippen molar-refractivity contribution in [3.63, 3.8) is 0 Å². The van der Waals surface area contributed by atoms with Crippen molar-refractivity contribution < 1.29 is 9.50 Å². The molecule has 0 radical (unpaired) electrons. The summed E-state index contributed by atoms with van der Waals surface area (Å²) in [5.74, 6) is 0.0194. The van der Waals surface area contributed by atoms with E-state index in [0.29, 0.717) is 10.5 Å². The number of anilines is 2. The van der Waals surface area contributed by atoms with Crippen LogP contribution in [0.3, 0.4) is 0 Å². The van der Waals surface area contributed by atoms with Crippen molar-refractivity contribution in [1.29, 1.82) is 0 Å². The Morgan fingerprint density at radius 3 is 2.39 bits per heavy atom. The zero-order valence-corrected chi connectivity index (χ0v) is 10.1. The van der Waals surface area contributed by atoms with Gasteiger partial charge in [0.15, 0.2) is 5.16 Å². The first-order valence-corrected chi connectivity index (χ1v) is 5.87. The fraction of sp³-hybridized carbons (Fsp3) is 0.0909. The van der Waals surface area contributed by atoms with Crippen LogP contribution in [0.2, 0.25) is 0 Å². The Morgan fingerprint density at radius 2 is 1.83 bits per heavy atom. The zero-order chi connectivity index (χ0) is 13.1. The average Bonchev–Trinajstić information content (AvgIpc) is 2.30. The number of halogens is 1. The van der Waals surface area contributed by atoms with Crippen molar-refractivity contribution in [2.24, 2.45) is 0 Å². The highest BCUT2D eigenvalue weighted by Crippen LogP contribution is 2.28. The number of aliphatic hydroxyl groups excluding tert-OH is 1. The van der Waals surface area contributed by atoms with Crippen LogP contribution >= 0.6 is 11.8 Å². The molecule has 0 atom stereocenters. The Bertz CT molecular complexity index is 559. The van der Waals surface area contributed by atoms with Gasteiger partial charge in [0.25, 0.3) is 0 Å². The molecular weight excluding hydrogens is 255 g/mol. The largest absolute Gasteiger partial charge is 0.392 e. The van der Waals surface area contributed by atoms with Gasteiger partial charge in [-0.15, -0.1) is 0 Å². The second-order valence-corrected chi connectivity index (χ2v) is 4.53. The fourth-order valence-corrected chi connectivity index (χ4v) is 2.12. The van der Waals surface area contributed by atoms with Gasteiger partial charge >= 0.3 is 0 Å². The lowest BCUT2D eigenvalue weighted by Crippen LogP contribution is -1.99. The lowest BCUT2D eigenvalue weighted by Gasteiger charge is -2.05. The van der Waals surface area contributed by atoms with Crippen LogP contribution in [-0.4, -0.2) is 15.1 Å². The van der Waals surface area contributed by atoms with Gasteiger partial charge in [-0.1, -0.05) is 6.07 Å². The number of nitrogens with two attached hydrogens (primary N) is 2. The van der Waals surface area contributed by atoms with Crippen molar-refractivity contribution in [3.05, 3.63) is 35.6 Å². The second-order valence-electron chi connectivity index (χ2n) is 3.53. The molecule has 5 nitrogen and oxygen atoms in total. The summed E-state index contributed by atoms with van der Waals surface area (Å²) in [6.07, 6.45) is 0. The van der Waals surface area contributed by atoms with E-state index in [1.807, 2.05) is 0 Å². The number of hydrogen-bond acceptors (Lipinski definition) is 6. The summed E-state index contributed by atoms with van der Waals surface area (Å²) in [6, 6.07) is 5.86. The molecule has 0 spiro atoms. The van der Waals surface area contributed by atoms with E-state index < -0.39 is 5.82 Å². The molecule has 0 bridgehead atoms. The lowest BCUT2D eigenvalue weighted by molar-refractivity contribution is 0.281. The number of nitrogen functional groups attached to an aromatic ring is 2. The van der Waals surface area contributed by atoms with Crippen LogP contribution in [0.1, 0.15) is 5.56 Å². The van der Waals surface area contributed by atoms with Crippen LogP contribution in [0.25, 0.3) is 0 Å². The predicted molar refractivity (Wildman–Crippen MR) is 67.3 cm³/mol. The van der Waals surface area contributed by atoms with Gasteiger partial charge in [0, 0.05) is 6.07 Å². The molecule has 0 aliphatic rings. The van der Waals surface area contributed by atoms with E-state index in [0.717, 1.165) is 11.8 Å². The van der Waals surface area contributed by atoms with Crippen LogP contribution < -0.4 is 11.5 Å². The number of benzene rings is 1. The van der Waals surface area contributed by atoms with Gasteiger partial charge < -0.3 is 16.6 Å². The van der Waals surface area contributed by atoms with Crippen molar-refractivity contribution in [2.75, 3.05) is 11.5 Å². The van der Waals surface area contributed by atoms with Gasteiger partial charge in [-0.2, -0.15) is 0 Å². The molecule has 2 aromatic rings. The summed E-state index contributed by atoms with van der Waals surface area (Å²) in [6.45, 7) is -0.205. The summed E-state index contributed by atoms with van der Waals surface area (Å²) in [5.41, 5.74) is 11.6. The average molecular weight is 266 g/mol. The quantitative estimate of drug-likeness (QED) is 0.727. The van der Waals surface area contributed by atoms with Gasteiger partial charge in [0.2, 0.25) is 0 Å². The second kappa shape index (κ2) is 5.19. The first-order valence-electron chi connectivity index (χ1n) is 5.05. The molecule has 0 saturated heterocycles. The van der Waals surface area contributed by atoms with E-state index in [4.69, 9.17) is 16.6 Å². The molecule has 1 heterocycles. The van der Waals surface area contributed by atoms with E-state index in [2.05, 4.69) is 9.97 Å². The molecule has 94 valence electrons. The maximum Gasteiger partial charge on any atom is 0.196 e. The molecule has 7 heteroatoms.